The molecule has 0 spiro atoms. The number of hydrogen-bond acceptors (Lipinski definition) is 4. The zero-order valence-corrected chi connectivity index (χ0v) is 15.1. The smallest absolute Gasteiger partial charge is 0.270 e. The first-order valence-electron chi connectivity index (χ1n) is 9.49. The zero-order valence-electron chi connectivity index (χ0n) is 15.1. The molecule has 1 saturated heterocycles. The van der Waals surface area contributed by atoms with E-state index < -0.39 is 0 Å². The van der Waals surface area contributed by atoms with Gasteiger partial charge in [-0.25, -0.2) is 0 Å². The third-order valence-corrected chi connectivity index (χ3v) is 5.35. The molecule has 1 aliphatic heterocycles. The summed E-state index contributed by atoms with van der Waals surface area (Å²) in [7, 11) is 0. The number of nitro benzene ring substituents is 1. The van der Waals surface area contributed by atoms with Gasteiger partial charge in [0.1, 0.15) is 0 Å². The van der Waals surface area contributed by atoms with Gasteiger partial charge in [0.25, 0.3) is 5.69 Å². The van der Waals surface area contributed by atoms with Crippen LogP contribution in [-0.2, 0) is 6.54 Å². The maximum atomic E-state index is 10.9. The predicted octanol–water partition coefficient (Wildman–Crippen LogP) is 4.24. The molecule has 0 atom stereocenters. The second-order valence-electron chi connectivity index (χ2n) is 7.15. The molecule has 2 aromatic rings. The summed E-state index contributed by atoms with van der Waals surface area (Å²) in [5, 5.41) is 16.1. The molecule has 0 amide bonds. The topological polar surface area (TPSA) is 64.2 Å². The molecule has 1 fully saturated rings. The van der Waals surface area contributed by atoms with Gasteiger partial charge in [-0.2, -0.15) is 5.10 Å². The number of likely N-dealkylation sites (tertiary alicyclic amines) is 1. The Labute approximate surface area is 149 Å². The molecule has 2 heterocycles. The lowest BCUT2D eigenvalue weighted by Gasteiger charge is -2.32. The van der Waals surface area contributed by atoms with Crippen molar-refractivity contribution in [2.75, 3.05) is 19.6 Å². The molecular formula is C19H28N4O2. The quantitative estimate of drug-likeness (QED) is 0.531. The first-order chi connectivity index (χ1) is 12.2. The van der Waals surface area contributed by atoms with Crippen molar-refractivity contribution in [3.05, 3.63) is 34.5 Å². The van der Waals surface area contributed by atoms with Crippen molar-refractivity contribution in [1.29, 1.82) is 0 Å². The molecule has 0 radical (unpaired) electrons. The highest BCUT2D eigenvalue weighted by molar-refractivity contribution is 5.81. The number of nitrogens with zero attached hydrogens (tertiary/aromatic N) is 4. The van der Waals surface area contributed by atoms with Crippen LogP contribution in [0, 0.1) is 16.0 Å². The number of piperidine rings is 1. The molecule has 1 aromatic carbocycles. The van der Waals surface area contributed by atoms with Crippen molar-refractivity contribution in [3.8, 4) is 0 Å². The highest BCUT2D eigenvalue weighted by Crippen LogP contribution is 2.23. The Morgan fingerprint density at radius 1 is 1.24 bits per heavy atom. The fourth-order valence-corrected chi connectivity index (χ4v) is 3.80. The lowest BCUT2D eigenvalue weighted by atomic mass is 9.91. The van der Waals surface area contributed by atoms with Crippen LogP contribution in [0.1, 0.15) is 45.4 Å². The maximum absolute atomic E-state index is 10.9. The lowest BCUT2D eigenvalue weighted by molar-refractivity contribution is -0.384. The molecule has 6 heteroatoms. The minimum absolute atomic E-state index is 0.123. The van der Waals surface area contributed by atoms with Crippen LogP contribution in [0.3, 0.4) is 0 Å². The van der Waals surface area contributed by atoms with Gasteiger partial charge in [-0.15, -0.1) is 0 Å². The monoisotopic (exact) mass is 344 g/mol. The molecule has 3 rings (SSSR count). The summed E-state index contributed by atoms with van der Waals surface area (Å²) < 4.78 is 1.97. The zero-order chi connectivity index (χ0) is 17.6. The largest absolute Gasteiger partial charge is 0.303 e. The van der Waals surface area contributed by atoms with E-state index in [1.54, 1.807) is 24.4 Å². The summed E-state index contributed by atoms with van der Waals surface area (Å²) in [5.41, 5.74) is 1.10. The second kappa shape index (κ2) is 8.43. The highest BCUT2D eigenvalue weighted by Gasteiger charge is 2.18. The molecule has 0 N–H and O–H groups in total. The Kier molecular flexibility index (Phi) is 6.02. The standard InChI is InChI=1S/C19H28N4O2/c1-2-3-5-16-8-12-21(13-9-16)10-4-11-22-19-7-6-18(23(24)25)14-17(19)15-20-22/h6-7,14-16H,2-5,8-13H2,1H3. The van der Waals surface area contributed by atoms with Crippen LogP contribution in [-0.4, -0.2) is 39.2 Å². The summed E-state index contributed by atoms with van der Waals surface area (Å²) in [6.07, 6.45) is 9.55. The van der Waals surface area contributed by atoms with Crippen LogP contribution in [0.15, 0.2) is 24.4 Å². The van der Waals surface area contributed by atoms with Gasteiger partial charge in [0, 0.05) is 24.1 Å². The summed E-state index contributed by atoms with van der Waals surface area (Å²) in [5.74, 6) is 0.932. The molecule has 0 saturated carbocycles. The van der Waals surface area contributed by atoms with Crippen LogP contribution in [0.2, 0.25) is 0 Å². The molecule has 0 bridgehead atoms. The number of non-ortho nitro benzene ring substituents is 1. The average molecular weight is 344 g/mol. The number of benzene rings is 1. The Morgan fingerprint density at radius 3 is 2.76 bits per heavy atom. The van der Waals surface area contributed by atoms with Gasteiger partial charge in [0.05, 0.1) is 16.6 Å². The highest BCUT2D eigenvalue weighted by atomic mass is 16.6. The number of fused-ring (bicyclic) bond motifs is 1. The fourth-order valence-electron chi connectivity index (χ4n) is 3.80. The van der Waals surface area contributed by atoms with Gasteiger partial charge < -0.3 is 4.90 Å². The van der Waals surface area contributed by atoms with Crippen molar-refractivity contribution < 1.29 is 4.92 Å². The van der Waals surface area contributed by atoms with Crippen LogP contribution < -0.4 is 0 Å². The molecule has 136 valence electrons. The number of rotatable bonds is 8. The van der Waals surface area contributed by atoms with Crippen molar-refractivity contribution in [3.63, 3.8) is 0 Å². The van der Waals surface area contributed by atoms with Crippen molar-refractivity contribution in [2.45, 2.75) is 52.0 Å². The van der Waals surface area contributed by atoms with E-state index in [9.17, 15) is 10.1 Å². The molecule has 6 nitrogen and oxygen atoms in total. The minimum Gasteiger partial charge on any atom is -0.303 e. The van der Waals surface area contributed by atoms with E-state index in [1.807, 2.05) is 4.68 Å². The SMILES string of the molecule is CCCCC1CCN(CCCn2ncc3cc([N+](=O)[O-])ccc32)CC1. The molecule has 0 unspecified atom stereocenters. The predicted molar refractivity (Wildman–Crippen MR) is 99.7 cm³/mol. The van der Waals surface area contributed by atoms with Crippen LogP contribution in [0.5, 0.6) is 0 Å². The third-order valence-electron chi connectivity index (χ3n) is 5.35. The molecule has 25 heavy (non-hydrogen) atoms. The number of nitro groups is 1. The van der Waals surface area contributed by atoms with Gasteiger partial charge in [-0.05, 0) is 50.9 Å². The van der Waals surface area contributed by atoms with Crippen LogP contribution in [0.4, 0.5) is 5.69 Å². The van der Waals surface area contributed by atoms with Crippen molar-refractivity contribution in [1.82, 2.24) is 14.7 Å². The van der Waals surface area contributed by atoms with Crippen LogP contribution in [0.25, 0.3) is 10.9 Å². The van der Waals surface area contributed by atoms with Crippen LogP contribution >= 0.6 is 0 Å². The normalized spacial score (nSPS) is 16.5. The lowest BCUT2D eigenvalue weighted by Crippen LogP contribution is -2.34. The van der Waals surface area contributed by atoms with E-state index in [0.29, 0.717) is 0 Å². The minimum atomic E-state index is -0.360. The molecule has 1 aromatic heterocycles. The summed E-state index contributed by atoms with van der Waals surface area (Å²) in [6.45, 7) is 6.68. The van der Waals surface area contributed by atoms with Gasteiger partial charge in [-0.3, -0.25) is 14.8 Å². The fraction of sp³-hybridized carbons (Fsp3) is 0.632. The molecular weight excluding hydrogens is 316 g/mol. The van der Waals surface area contributed by atoms with E-state index >= 15 is 0 Å². The Hall–Kier alpha value is -1.95. The third kappa shape index (κ3) is 4.57. The number of aromatic nitrogens is 2. The van der Waals surface area contributed by atoms with Gasteiger partial charge in [-0.1, -0.05) is 26.2 Å². The van der Waals surface area contributed by atoms with E-state index in [-0.39, 0.29) is 10.6 Å². The summed E-state index contributed by atoms with van der Waals surface area (Å²) in [6, 6.07) is 4.96. The molecule has 0 aliphatic carbocycles. The summed E-state index contributed by atoms with van der Waals surface area (Å²) >= 11 is 0. The number of aryl methyl sites for hydroxylation is 1. The summed E-state index contributed by atoms with van der Waals surface area (Å²) in [4.78, 5) is 13.1. The van der Waals surface area contributed by atoms with Gasteiger partial charge in [0.15, 0.2) is 0 Å². The Balaban J connectivity index is 1.47. The first-order valence-corrected chi connectivity index (χ1v) is 9.49. The first kappa shape index (κ1) is 17.9. The number of unbranched alkanes of at least 4 members (excludes halogenated alkanes) is 1. The Bertz CT molecular complexity index is 705. The van der Waals surface area contributed by atoms with E-state index in [4.69, 9.17) is 0 Å². The second-order valence-corrected chi connectivity index (χ2v) is 7.15. The van der Waals surface area contributed by atoms with Crippen molar-refractivity contribution in [2.24, 2.45) is 5.92 Å². The van der Waals surface area contributed by atoms with Gasteiger partial charge in [0.2, 0.25) is 0 Å². The van der Waals surface area contributed by atoms with E-state index in [0.717, 1.165) is 36.3 Å². The maximum Gasteiger partial charge on any atom is 0.270 e. The van der Waals surface area contributed by atoms with E-state index in [2.05, 4.69) is 16.9 Å². The average Bonchev–Trinajstić information content (AvgIpc) is 3.03. The molecule has 1 aliphatic rings. The van der Waals surface area contributed by atoms with Crippen molar-refractivity contribution >= 4 is 16.6 Å². The number of hydrogen-bond donors (Lipinski definition) is 0. The van der Waals surface area contributed by atoms with E-state index in [1.165, 1.54) is 45.2 Å². The Morgan fingerprint density at radius 2 is 2.04 bits per heavy atom. The van der Waals surface area contributed by atoms with Gasteiger partial charge >= 0.3 is 0 Å².